The second-order valence-corrected chi connectivity index (χ2v) is 7.62. The van der Waals surface area contributed by atoms with E-state index in [-0.39, 0.29) is 23.3 Å². The maximum absolute atomic E-state index is 13.1. The Balaban J connectivity index is 1.56. The number of hydrogen-bond acceptors (Lipinski definition) is 4. The third kappa shape index (κ3) is 1.84. The standard InChI is InChI=1S/C16H14F3N5O2/c1-15(2,16(17,18)19)21-14(25)12-11-9-7-8(9)10(7)13(11)24(22-12)6-5-23(26)4-3-20-6/h3-5,7-10H,1-2H3,(H,21,25). The highest BCUT2D eigenvalue weighted by Crippen LogP contribution is 2.88. The molecule has 0 spiro atoms. The first-order valence-electron chi connectivity index (χ1n) is 8.19. The largest absolute Gasteiger partial charge is 0.619 e. The van der Waals surface area contributed by atoms with Gasteiger partial charge >= 0.3 is 6.18 Å². The van der Waals surface area contributed by atoms with Crippen LogP contribution in [-0.2, 0) is 0 Å². The van der Waals surface area contributed by atoms with Gasteiger partial charge in [-0.3, -0.25) is 4.79 Å². The maximum atomic E-state index is 13.1. The number of hydrogen-bond donors (Lipinski definition) is 1. The monoisotopic (exact) mass is 365 g/mol. The third-order valence-electron chi connectivity index (χ3n) is 5.66. The fourth-order valence-corrected chi connectivity index (χ4v) is 4.09. The minimum absolute atomic E-state index is 0.00192. The van der Waals surface area contributed by atoms with Gasteiger partial charge in [-0.25, -0.2) is 9.67 Å². The second kappa shape index (κ2) is 4.36. The van der Waals surface area contributed by atoms with Crippen molar-refractivity contribution in [1.29, 1.82) is 0 Å². The fourth-order valence-electron chi connectivity index (χ4n) is 4.09. The van der Waals surface area contributed by atoms with Crippen molar-refractivity contribution < 1.29 is 22.7 Å². The summed E-state index contributed by atoms with van der Waals surface area (Å²) in [6.45, 7) is 1.82. The van der Waals surface area contributed by atoms with Crippen molar-refractivity contribution in [3.8, 4) is 5.82 Å². The molecule has 0 aliphatic heterocycles. The van der Waals surface area contributed by atoms with Crippen molar-refractivity contribution in [2.75, 3.05) is 0 Å². The summed E-state index contributed by atoms with van der Waals surface area (Å²) in [7, 11) is 0. The fraction of sp³-hybridized carbons (Fsp3) is 0.500. The van der Waals surface area contributed by atoms with Crippen molar-refractivity contribution in [3.05, 3.63) is 40.7 Å². The molecule has 2 unspecified atom stereocenters. The van der Waals surface area contributed by atoms with Crippen LogP contribution in [0.2, 0.25) is 0 Å². The number of nitrogens with zero attached hydrogens (tertiary/aromatic N) is 4. The van der Waals surface area contributed by atoms with Crippen LogP contribution in [0.15, 0.2) is 18.6 Å². The van der Waals surface area contributed by atoms with Gasteiger partial charge in [0.25, 0.3) is 5.91 Å². The number of alkyl halides is 3. The first-order chi connectivity index (χ1) is 12.1. The molecule has 4 aliphatic carbocycles. The molecule has 2 fully saturated rings. The molecule has 0 saturated heterocycles. The van der Waals surface area contributed by atoms with Crippen LogP contribution >= 0.6 is 0 Å². The summed E-state index contributed by atoms with van der Waals surface area (Å²) in [5.74, 6) is 0.766. The van der Waals surface area contributed by atoms with E-state index in [9.17, 15) is 23.2 Å². The summed E-state index contributed by atoms with van der Waals surface area (Å²) in [5.41, 5.74) is -0.863. The van der Waals surface area contributed by atoms with Crippen LogP contribution in [-0.4, -0.2) is 32.4 Å². The molecule has 1 N–H and O–H groups in total. The maximum Gasteiger partial charge on any atom is 0.410 e. The van der Waals surface area contributed by atoms with E-state index in [2.05, 4.69) is 10.1 Å². The van der Waals surface area contributed by atoms with Gasteiger partial charge in [0.05, 0.1) is 11.9 Å². The normalized spacial score (nSPS) is 27.7. The number of amides is 1. The van der Waals surface area contributed by atoms with Gasteiger partial charge in [-0.05, 0) is 31.6 Å². The topological polar surface area (TPSA) is 86.8 Å². The lowest BCUT2D eigenvalue weighted by Crippen LogP contribution is -2.54. The molecule has 2 heterocycles. The van der Waals surface area contributed by atoms with E-state index >= 15 is 0 Å². The van der Waals surface area contributed by atoms with Gasteiger partial charge in [0.15, 0.2) is 11.9 Å². The van der Waals surface area contributed by atoms with Crippen LogP contribution < -0.4 is 10.0 Å². The van der Waals surface area contributed by atoms with Gasteiger partial charge in [0, 0.05) is 11.5 Å². The summed E-state index contributed by atoms with van der Waals surface area (Å²) in [5, 5.41) is 17.8. The third-order valence-corrected chi connectivity index (χ3v) is 5.66. The molecule has 0 aromatic carbocycles. The summed E-state index contributed by atoms with van der Waals surface area (Å²) in [6.07, 6.45) is -0.830. The van der Waals surface area contributed by atoms with Gasteiger partial charge in [-0.2, -0.15) is 23.0 Å². The molecular weight excluding hydrogens is 351 g/mol. The van der Waals surface area contributed by atoms with E-state index in [0.29, 0.717) is 22.1 Å². The molecule has 2 aromatic heterocycles. The van der Waals surface area contributed by atoms with Crippen LogP contribution in [0.4, 0.5) is 13.2 Å². The Morgan fingerprint density at radius 1 is 1.31 bits per heavy atom. The Hall–Kier alpha value is -2.65. The smallest absolute Gasteiger partial charge is 0.410 e. The Morgan fingerprint density at radius 3 is 2.62 bits per heavy atom. The Bertz CT molecular complexity index is 957. The highest BCUT2D eigenvalue weighted by atomic mass is 19.4. The van der Waals surface area contributed by atoms with Crippen molar-refractivity contribution >= 4 is 5.91 Å². The molecule has 2 atom stereocenters. The Morgan fingerprint density at radius 2 is 2.00 bits per heavy atom. The molecule has 2 aromatic rings. The highest BCUT2D eigenvalue weighted by molar-refractivity contribution is 5.96. The molecule has 26 heavy (non-hydrogen) atoms. The second-order valence-electron chi connectivity index (χ2n) is 7.62. The zero-order valence-electron chi connectivity index (χ0n) is 13.8. The number of halogens is 3. The number of nitrogens with one attached hydrogen (secondary N) is 1. The Kier molecular flexibility index (Phi) is 2.61. The number of carbonyl (C=O) groups excluding carboxylic acids is 1. The number of rotatable bonds is 3. The van der Waals surface area contributed by atoms with E-state index in [0.717, 1.165) is 19.5 Å². The van der Waals surface area contributed by atoms with E-state index in [1.54, 1.807) is 0 Å². The van der Waals surface area contributed by atoms with Gasteiger partial charge in [0.1, 0.15) is 5.54 Å². The first kappa shape index (κ1) is 15.6. The van der Waals surface area contributed by atoms with E-state index < -0.39 is 17.6 Å². The molecule has 2 saturated carbocycles. The summed E-state index contributed by atoms with van der Waals surface area (Å²) in [6, 6.07) is 0. The Labute approximate surface area is 145 Å². The van der Waals surface area contributed by atoms with Crippen LogP contribution in [0.5, 0.6) is 0 Å². The summed E-state index contributed by atoms with van der Waals surface area (Å²) < 4.78 is 41.3. The molecule has 4 aliphatic rings. The average Bonchev–Trinajstić information content (AvgIpc) is 3.27. The lowest BCUT2D eigenvalue weighted by molar-refractivity contribution is -0.605. The molecule has 1 amide bonds. The zero-order valence-corrected chi connectivity index (χ0v) is 13.8. The highest BCUT2D eigenvalue weighted by Gasteiger charge is 2.81. The average molecular weight is 365 g/mol. The SMILES string of the molecule is CC(C)(NC(=O)c1nn(-c2c[n+]([O-])ccn2)c2c1C1C3C2C13)C(F)(F)F. The minimum Gasteiger partial charge on any atom is -0.619 e. The zero-order chi connectivity index (χ0) is 18.6. The van der Waals surface area contributed by atoms with Crippen molar-refractivity contribution in [3.63, 3.8) is 0 Å². The summed E-state index contributed by atoms with van der Waals surface area (Å²) >= 11 is 0. The first-order valence-corrected chi connectivity index (χ1v) is 8.19. The lowest BCUT2D eigenvalue weighted by Gasteiger charge is -2.28. The van der Waals surface area contributed by atoms with Crippen molar-refractivity contribution in [2.24, 2.45) is 11.8 Å². The van der Waals surface area contributed by atoms with Crippen LogP contribution in [0.1, 0.15) is 47.4 Å². The van der Waals surface area contributed by atoms with Crippen LogP contribution in [0.3, 0.4) is 0 Å². The molecule has 6 rings (SSSR count). The predicted molar refractivity (Wildman–Crippen MR) is 80.4 cm³/mol. The molecule has 136 valence electrons. The van der Waals surface area contributed by atoms with Gasteiger partial charge in [-0.15, -0.1) is 0 Å². The quantitative estimate of drug-likeness (QED) is 0.658. The van der Waals surface area contributed by atoms with E-state index in [4.69, 9.17) is 0 Å². The van der Waals surface area contributed by atoms with Crippen molar-refractivity contribution in [2.45, 2.75) is 37.4 Å². The van der Waals surface area contributed by atoms with E-state index in [1.807, 2.05) is 5.32 Å². The summed E-state index contributed by atoms with van der Waals surface area (Å²) in [4.78, 5) is 16.7. The molecule has 2 bridgehead atoms. The van der Waals surface area contributed by atoms with Crippen LogP contribution in [0, 0.1) is 17.0 Å². The van der Waals surface area contributed by atoms with Crippen LogP contribution in [0.25, 0.3) is 5.82 Å². The van der Waals surface area contributed by atoms with Gasteiger partial charge in [0.2, 0.25) is 12.0 Å². The van der Waals surface area contributed by atoms with Gasteiger partial charge < -0.3 is 10.5 Å². The minimum atomic E-state index is -4.59. The predicted octanol–water partition coefficient (Wildman–Crippen LogP) is 1.41. The van der Waals surface area contributed by atoms with Gasteiger partial charge in [-0.1, -0.05) is 0 Å². The van der Waals surface area contributed by atoms with E-state index in [1.165, 1.54) is 23.3 Å². The number of carbonyl (C=O) groups is 1. The van der Waals surface area contributed by atoms with Crippen molar-refractivity contribution in [1.82, 2.24) is 20.1 Å². The molecular formula is C16H14F3N5O2. The molecule has 7 nitrogen and oxygen atoms in total. The molecule has 10 heteroatoms. The lowest BCUT2D eigenvalue weighted by atomic mass is 10.0. The number of aromatic nitrogens is 4. The molecule has 0 radical (unpaired) electrons.